The maximum absolute atomic E-state index is 12.8. The molecule has 2 bridgehead atoms. The molecule has 1 amide bonds. The third-order valence-corrected chi connectivity index (χ3v) is 6.41. The second-order valence-corrected chi connectivity index (χ2v) is 7.79. The average Bonchev–Trinajstić information content (AvgIpc) is 2.76. The summed E-state index contributed by atoms with van der Waals surface area (Å²) in [5.74, 6) is 0.481. The first-order chi connectivity index (χ1) is 10.3. The van der Waals surface area contributed by atoms with Gasteiger partial charge in [0, 0.05) is 23.4 Å². The summed E-state index contributed by atoms with van der Waals surface area (Å²) in [6.45, 7) is 8.50. The Bertz CT molecular complexity index is 617. The third-order valence-electron chi connectivity index (χ3n) is 6.41. The van der Waals surface area contributed by atoms with E-state index in [2.05, 4.69) is 26.1 Å². The summed E-state index contributed by atoms with van der Waals surface area (Å²) in [7, 11) is 0. The standard InChI is InChI=1S/C19H25NO2/c1-12-5-7-13(8-6-12)20-16(21)11-14-15-9-10-19(4,17(14)22)18(15,2)3/h5-8,14-15H,9-11H2,1-4H3,(H,20,21)/t14-,15+,19+/m1/s1. The van der Waals surface area contributed by atoms with Gasteiger partial charge in [-0.15, -0.1) is 0 Å². The highest BCUT2D eigenvalue weighted by atomic mass is 16.2. The molecule has 1 N–H and O–H groups in total. The van der Waals surface area contributed by atoms with Crippen molar-refractivity contribution in [1.29, 1.82) is 0 Å². The van der Waals surface area contributed by atoms with Gasteiger partial charge in [0.15, 0.2) is 0 Å². The molecule has 0 saturated heterocycles. The van der Waals surface area contributed by atoms with E-state index in [0.29, 0.717) is 18.1 Å². The molecule has 1 aromatic rings. The first-order valence-electron chi connectivity index (χ1n) is 8.16. The number of hydrogen-bond donors (Lipinski definition) is 1. The number of Topliss-reactive ketones (excluding diaryl/α,β-unsaturated/α-hetero) is 1. The lowest BCUT2D eigenvalue weighted by molar-refractivity contribution is -0.133. The molecule has 3 rings (SSSR count). The lowest BCUT2D eigenvalue weighted by atomic mass is 9.70. The van der Waals surface area contributed by atoms with Crippen molar-refractivity contribution >= 4 is 17.4 Å². The van der Waals surface area contributed by atoms with Crippen molar-refractivity contribution in [3.63, 3.8) is 0 Å². The summed E-state index contributed by atoms with van der Waals surface area (Å²) in [4.78, 5) is 25.1. The maximum Gasteiger partial charge on any atom is 0.225 e. The molecular weight excluding hydrogens is 274 g/mol. The monoisotopic (exact) mass is 299 g/mol. The van der Waals surface area contributed by atoms with Crippen molar-refractivity contribution in [1.82, 2.24) is 0 Å². The number of hydrogen-bond acceptors (Lipinski definition) is 2. The number of fused-ring (bicyclic) bond motifs is 2. The van der Waals surface area contributed by atoms with Gasteiger partial charge in [-0.05, 0) is 43.2 Å². The molecule has 3 atom stereocenters. The molecule has 0 radical (unpaired) electrons. The van der Waals surface area contributed by atoms with Crippen LogP contribution in [0.1, 0.15) is 45.6 Å². The van der Waals surface area contributed by atoms with Gasteiger partial charge in [0.2, 0.25) is 5.91 Å². The third kappa shape index (κ3) is 2.10. The van der Waals surface area contributed by atoms with Gasteiger partial charge in [-0.1, -0.05) is 38.5 Å². The summed E-state index contributed by atoms with van der Waals surface area (Å²) in [5.41, 5.74) is 1.73. The highest BCUT2D eigenvalue weighted by Gasteiger charge is 2.66. The van der Waals surface area contributed by atoms with E-state index < -0.39 is 0 Å². The SMILES string of the molecule is Cc1ccc(NC(=O)C[C@H]2C(=O)[C@]3(C)CC[C@@H]2C3(C)C)cc1. The van der Waals surface area contributed by atoms with Crippen molar-refractivity contribution < 1.29 is 9.59 Å². The smallest absolute Gasteiger partial charge is 0.225 e. The van der Waals surface area contributed by atoms with E-state index in [1.54, 1.807) is 0 Å². The van der Waals surface area contributed by atoms with Gasteiger partial charge in [0.25, 0.3) is 0 Å². The van der Waals surface area contributed by atoms with Crippen LogP contribution in [0.2, 0.25) is 0 Å². The quantitative estimate of drug-likeness (QED) is 0.918. The van der Waals surface area contributed by atoms with Crippen LogP contribution in [0.15, 0.2) is 24.3 Å². The summed E-state index contributed by atoms with van der Waals surface area (Å²) in [5, 5.41) is 2.92. The normalized spacial score (nSPS) is 32.3. The number of ketones is 1. The predicted molar refractivity (Wildman–Crippen MR) is 87.5 cm³/mol. The molecule has 118 valence electrons. The fraction of sp³-hybridized carbons (Fsp3) is 0.579. The number of carbonyl (C=O) groups is 2. The summed E-state index contributed by atoms with van der Waals surface area (Å²) in [6, 6.07) is 7.76. The van der Waals surface area contributed by atoms with Crippen molar-refractivity contribution in [3.8, 4) is 0 Å². The number of benzene rings is 1. The molecule has 2 aliphatic carbocycles. The van der Waals surface area contributed by atoms with Crippen LogP contribution < -0.4 is 5.32 Å². The van der Waals surface area contributed by atoms with Gasteiger partial charge >= 0.3 is 0 Å². The molecule has 3 heteroatoms. The zero-order valence-corrected chi connectivity index (χ0v) is 13.9. The van der Waals surface area contributed by atoms with Crippen LogP contribution in [-0.4, -0.2) is 11.7 Å². The van der Waals surface area contributed by atoms with E-state index in [-0.39, 0.29) is 22.7 Å². The zero-order chi connectivity index (χ0) is 16.1. The highest BCUT2D eigenvalue weighted by Crippen LogP contribution is 2.66. The molecule has 0 aliphatic heterocycles. The van der Waals surface area contributed by atoms with Crippen molar-refractivity contribution in [3.05, 3.63) is 29.8 Å². The van der Waals surface area contributed by atoms with Crippen LogP contribution >= 0.6 is 0 Å². The summed E-state index contributed by atoms with van der Waals surface area (Å²) in [6.07, 6.45) is 2.35. The molecule has 0 unspecified atom stereocenters. The van der Waals surface area contributed by atoms with Crippen molar-refractivity contribution in [2.24, 2.45) is 22.7 Å². The van der Waals surface area contributed by atoms with Gasteiger partial charge in [-0.25, -0.2) is 0 Å². The Balaban J connectivity index is 1.70. The van der Waals surface area contributed by atoms with E-state index in [0.717, 1.165) is 24.1 Å². The Morgan fingerprint density at radius 2 is 1.86 bits per heavy atom. The molecule has 2 saturated carbocycles. The van der Waals surface area contributed by atoms with Crippen LogP contribution in [0.25, 0.3) is 0 Å². The number of amides is 1. The fourth-order valence-electron chi connectivity index (χ4n) is 4.56. The molecule has 3 nitrogen and oxygen atoms in total. The molecule has 1 aromatic carbocycles. The molecule has 22 heavy (non-hydrogen) atoms. The Morgan fingerprint density at radius 3 is 2.41 bits per heavy atom. The largest absolute Gasteiger partial charge is 0.326 e. The van der Waals surface area contributed by atoms with Gasteiger partial charge in [-0.2, -0.15) is 0 Å². The minimum Gasteiger partial charge on any atom is -0.326 e. The van der Waals surface area contributed by atoms with Crippen molar-refractivity contribution in [2.75, 3.05) is 5.32 Å². The van der Waals surface area contributed by atoms with E-state index >= 15 is 0 Å². The number of aryl methyl sites for hydroxylation is 1. The Labute approximate surface area is 132 Å². The topological polar surface area (TPSA) is 46.2 Å². The van der Waals surface area contributed by atoms with Crippen LogP contribution in [-0.2, 0) is 9.59 Å². The van der Waals surface area contributed by atoms with E-state index in [9.17, 15) is 9.59 Å². The lowest BCUT2D eigenvalue weighted by Crippen LogP contribution is -2.34. The first-order valence-corrected chi connectivity index (χ1v) is 8.16. The molecular formula is C19H25NO2. The Morgan fingerprint density at radius 1 is 1.23 bits per heavy atom. The second kappa shape index (κ2) is 4.94. The summed E-state index contributed by atoms with van der Waals surface area (Å²) >= 11 is 0. The second-order valence-electron chi connectivity index (χ2n) is 7.79. The van der Waals surface area contributed by atoms with Crippen LogP contribution in [0.5, 0.6) is 0 Å². The summed E-state index contributed by atoms with van der Waals surface area (Å²) < 4.78 is 0. The van der Waals surface area contributed by atoms with Crippen LogP contribution in [0.3, 0.4) is 0 Å². The van der Waals surface area contributed by atoms with Crippen LogP contribution in [0.4, 0.5) is 5.69 Å². The van der Waals surface area contributed by atoms with Crippen molar-refractivity contribution in [2.45, 2.75) is 47.0 Å². The fourth-order valence-corrected chi connectivity index (χ4v) is 4.56. The predicted octanol–water partition coefficient (Wildman–Crippen LogP) is 3.97. The minimum atomic E-state index is -0.244. The van der Waals surface area contributed by atoms with Gasteiger partial charge in [0.1, 0.15) is 5.78 Å². The molecule has 2 aliphatic rings. The van der Waals surface area contributed by atoms with E-state index in [4.69, 9.17) is 0 Å². The highest BCUT2D eigenvalue weighted by molar-refractivity contribution is 5.98. The number of carbonyl (C=O) groups excluding carboxylic acids is 2. The molecule has 0 spiro atoms. The Kier molecular flexibility index (Phi) is 3.42. The molecule has 2 fully saturated rings. The zero-order valence-electron chi connectivity index (χ0n) is 13.9. The molecule has 0 aromatic heterocycles. The van der Waals surface area contributed by atoms with E-state index in [1.807, 2.05) is 31.2 Å². The van der Waals surface area contributed by atoms with Gasteiger partial charge in [0.05, 0.1) is 0 Å². The number of anilines is 1. The van der Waals surface area contributed by atoms with Gasteiger partial charge in [-0.3, -0.25) is 9.59 Å². The van der Waals surface area contributed by atoms with E-state index in [1.165, 1.54) is 0 Å². The Hall–Kier alpha value is -1.64. The van der Waals surface area contributed by atoms with Gasteiger partial charge < -0.3 is 5.32 Å². The number of rotatable bonds is 3. The average molecular weight is 299 g/mol. The molecule has 0 heterocycles. The lowest BCUT2D eigenvalue weighted by Gasteiger charge is -2.32. The first kappa shape index (κ1) is 15.3. The minimum absolute atomic E-state index is 0.0128. The maximum atomic E-state index is 12.8. The van der Waals surface area contributed by atoms with Crippen LogP contribution in [0, 0.1) is 29.6 Å². The number of nitrogens with one attached hydrogen (secondary N) is 1.